The molecule has 16 heavy (non-hydrogen) atoms. The zero-order valence-electron chi connectivity index (χ0n) is 9.53. The molecule has 0 radical (unpaired) electrons. The lowest BCUT2D eigenvalue weighted by atomic mass is 10.2. The molecule has 1 heterocycles. The SMILES string of the molecule is CCCC(C)OCc1csc(C(=O)NN)n1. The number of carbonyl (C=O) groups is 1. The van der Waals surface area contributed by atoms with Gasteiger partial charge in [-0.3, -0.25) is 10.2 Å². The molecule has 0 aliphatic heterocycles. The van der Waals surface area contributed by atoms with Gasteiger partial charge in [-0.05, 0) is 13.3 Å². The highest BCUT2D eigenvalue weighted by atomic mass is 32.1. The number of carbonyl (C=O) groups excluding carboxylic acids is 1. The number of ether oxygens (including phenoxy) is 1. The van der Waals surface area contributed by atoms with Crippen LogP contribution in [0.3, 0.4) is 0 Å². The molecular formula is C10H17N3O2S. The summed E-state index contributed by atoms with van der Waals surface area (Å²) in [5.41, 5.74) is 2.82. The molecule has 1 rings (SSSR count). The van der Waals surface area contributed by atoms with Crippen LogP contribution in [0.1, 0.15) is 42.2 Å². The zero-order chi connectivity index (χ0) is 12.0. The summed E-state index contributed by atoms with van der Waals surface area (Å²) in [6.45, 7) is 4.59. The van der Waals surface area contributed by atoms with Crippen molar-refractivity contribution in [2.24, 2.45) is 5.84 Å². The molecule has 1 amide bonds. The van der Waals surface area contributed by atoms with Crippen molar-refractivity contribution in [2.45, 2.75) is 39.4 Å². The van der Waals surface area contributed by atoms with E-state index in [4.69, 9.17) is 10.6 Å². The van der Waals surface area contributed by atoms with Gasteiger partial charge in [0.05, 0.1) is 18.4 Å². The molecule has 0 bridgehead atoms. The van der Waals surface area contributed by atoms with E-state index in [1.807, 2.05) is 17.7 Å². The number of hydrogen-bond donors (Lipinski definition) is 2. The number of nitrogens with one attached hydrogen (secondary N) is 1. The van der Waals surface area contributed by atoms with Crippen LogP contribution in [0.5, 0.6) is 0 Å². The lowest BCUT2D eigenvalue weighted by Crippen LogP contribution is -2.29. The summed E-state index contributed by atoms with van der Waals surface area (Å²) in [5.74, 6) is 4.65. The third-order valence-electron chi connectivity index (χ3n) is 2.09. The first-order chi connectivity index (χ1) is 7.67. The van der Waals surface area contributed by atoms with Gasteiger partial charge in [0.1, 0.15) is 0 Å². The van der Waals surface area contributed by atoms with Crippen LogP contribution in [0, 0.1) is 0 Å². The summed E-state index contributed by atoms with van der Waals surface area (Å²) >= 11 is 1.26. The number of amides is 1. The standard InChI is InChI=1S/C10H17N3O2S/c1-3-4-7(2)15-5-8-6-16-10(12-8)9(14)13-11/h6-7H,3-5,11H2,1-2H3,(H,13,14). The Labute approximate surface area is 99.0 Å². The molecule has 0 spiro atoms. The predicted octanol–water partition coefficient (Wildman–Crippen LogP) is 1.45. The van der Waals surface area contributed by atoms with Crippen LogP contribution in [0.15, 0.2) is 5.38 Å². The molecule has 0 aliphatic rings. The Kier molecular flexibility index (Phi) is 5.37. The van der Waals surface area contributed by atoms with Crippen molar-refractivity contribution < 1.29 is 9.53 Å². The largest absolute Gasteiger partial charge is 0.372 e. The van der Waals surface area contributed by atoms with E-state index in [0.717, 1.165) is 18.5 Å². The normalized spacial score (nSPS) is 12.4. The topological polar surface area (TPSA) is 77.2 Å². The van der Waals surface area contributed by atoms with Gasteiger partial charge >= 0.3 is 0 Å². The Morgan fingerprint density at radius 3 is 3.12 bits per heavy atom. The molecule has 1 aromatic heterocycles. The third kappa shape index (κ3) is 3.88. The predicted molar refractivity (Wildman–Crippen MR) is 62.9 cm³/mol. The fourth-order valence-electron chi connectivity index (χ4n) is 1.26. The molecule has 0 saturated carbocycles. The molecule has 0 aliphatic carbocycles. The van der Waals surface area contributed by atoms with Gasteiger partial charge in [-0.15, -0.1) is 11.3 Å². The quantitative estimate of drug-likeness (QED) is 0.450. The maximum atomic E-state index is 11.1. The summed E-state index contributed by atoms with van der Waals surface area (Å²) in [6, 6.07) is 0. The van der Waals surface area contributed by atoms with E-state index in [9.17, 15) is 4.79 Å². The van der Waals surface area contributed by atoms with Crippen LogP contribution in [0.4, 0.5) is 0 Å². The Morgan fingerprint density at radius 2 is 2.50 bits per heavy atom. The fourth-order valence-corrected chi connectivity index (χ4v) is 1.96. The average Bonchev–Trinajstić information content (AvgIpc) is 2.74. The second kappa shape index (κ2) is 6.57. The van der Waals surface area contributed by atoms with Gasteiger partial charge in [-0.1, -0.05) is 13.3 Å². The van der Waals surface area contributed by atoms with Gasteiger partial charge in [0.25, 0.3) is 5.91 Å². The molecule has 0 saturated heterocycles. The molecule has 1 aromatic rings. The lowest BCUT2D eigenvalue weighted by molar-refractivity contribution is 0.0455. The number of rotatable bonds is 6. The van der Waals surface area contributed by atoms with Gasteiger partial charge in [0.2, 0.25) is 0 Å². The summed E-state index contributed by atoms with van der Waals surface area (Å²) in [7, 11) is 0. The number of aromatic nitrogens is 1. The molecule has 6 heteroatoms. The lowest BCUT2D eigenvalue weighted by Gasteiger charge is -2.09. The van der Waals surface area contributed by atoms with Crippen LogP contribution in [-0.2, 0) is 11.3 Å². The van der Waals surface area contributed by atoms with Crippen LogP contribution in [0.25, 0.3) is 0 Å². The van der Waals surface area contributed by atoms with Crippen molar-refractivity contribution in [3.8, 4) is 0 Å². The molecular weight excluding hydrogens is 226 g/mol. The number of nitrogens with zero attached hydrogens (tertiary/aromatic N) is 1. The summed E-state index contributed by atoms with van der Waals surface area (Å²) in [4.78, 5) is 15.3. The highest BCUT2D eigenvalue weighted by molar-refractivity contribution is 7.11. The van der Waals surface area contributed by atoms with Crippen molar-refractivity contribution in [3.05, 3.63) is 16.1 Å². The van der Waals surface area contributed by atoms with E-state index in [1.54, 1.807) is 0 Å². The van der Waals surface area contributed by atoms with E-state index >= 15 is 0 Å². The summed E-state index contributed by atoms with van der Waals surface area (Å²) in [5, 5.41) is 2.17. The number of hydrogen-bond acceptors (Lipinski definition) is 5. The van der Waals surface area contributed by atoms with Crippen molar-refractivity contribution in [1.29, 1.82) is 0 Å². The fraction of sp³-hybridized carbons (Fsp3) is 0.600. The van der Waals surface area contributed by atoms with Crippen LogP contribution >= 0.6 is 11.3 Å². The Bertz CT molecular complexity index is 341. The van der Waals surface area contributed by atoms with Crippen LogP contribution in [0.2, 0.25) is 0 Å². The second-order valence-electron chi connectivity index (χ2n) is 3.53. The molecule has 90 valence electrons. The molecule has 1 unspecified atom stereocenters. The second-order valence-corrected chi connectivity index (χ2v) is 4.39. The van der Waals surface area contributed by atoms with E-state index in [-0.39, 0.29) is 12.0 Å². The maximum Gasteiger partial charge on any atom is 0.294 e. The van der Waals surface area contributed by atoms with E-state index < -0.39 is 0 Å². The minimum atomic E-state index is -0.363. The Balaban J connectivity index is 2.43. The average molecular weight is 243 g/mol. The van der Waals surface area contributed by atoms with Crippen molar-refractivity contribution in [2.75, 3.05) is 0 Å². The summed E-state index contributed by atoms with van der Waals surface area (Å²) in [6.07, 6.45) is 2.35. The molecule has 0 aromatic carbocycles. The highest BCUT2D eigenvalue weighted by Gasteiger charge is 2.10. The smallest absolute Gasteiger partial charge is 0.294 e. The van der Waals surface area contributed by atoms with Crippen LogP contribution in [-0.4, -0.2) is 17.0 Å². The third-order valence-corrected chi connectivity index (χ3v) is 2.98. The molecule has 1 atom stereocenters. The maximum absolute atomic E-state index is 11.1. The first-order valence-electron chi connectivity index (χ1n) is 5.24. The molecule has 3 N–H and O–H groups in total. The summed E-state index contributed by atoms with van der Waals surface area (Å²) < 4.78 is 5.58. The van der Waals surface area contributed by atoms with Gasteiger partial charge < -0.3 is 4.74 Å². The first kappa shape index (κ1) is 13.1. The Morgan fingerprint density at radius 1 is 1.75 bits per heavy atom. The van der Waals surface area contributed by atoms with E-state index in [0.29, 0.717) is 11.6 Å². The molecule has 5 nitrogen and oxygen atoms in total. The first-order valence-corrected chi connectivity index (χ1v) is 6.12. The number of nitrogen functional groups attached to an aromatic ring is 1. The molecule has 0 fully saturated rings. The van der Waals surface area contributed by atoms with Crippen molar-refractivity contribution in [3.63, 3.8) is 0 Å². The number of thiazole rings is 1. The van der Waals surface area contributed by atoms with Gasteiger partial charge in [-0.2, -0.15) is 0 Å². The van der Waals surface area contributed by atoms with E-state index in [2.05, 4.69) is 11.9 Å². The monoisotopic (exact) mass is 243 g/mol. The zero-order valence-corrected chi connectivity index (χ0v) is 10.3. The highest BCUT2D eigenvalue weighted by Crippen LogP contribution is 2.12. The van der Waals surface area contributed by atoms with Gasteiger partial charge in [-0.25, -0.2) is 10.8 Å². The minimum absolute atomic E-state index is 0.221. The van der Waals surface area contributed by atoms with Crippen molar-refractivity contribution in [1.82, 2.24) is 10.4 Å². The van der Waals surface area contributed by atoms with Crippen LogP contribution < -0.4 is 11.3 Å². The van der Waals surface area contributed by atoms with Crippen molar-refractivity contribution >= 4 is 17.2 Å². The van der Waals surface area contributed by atoms with Gasteiger partial charge in [0.15, 0.2) is 5.01 Å². The van der Waals surface area contributed by atoms with E-state index in [1.165, 1.54) is 11.3 Å². The van der Waals surface area contributed by atoms with Gasteiger partial charge in [0, 0.05) is 5.38 Å². The number of nitrogens with two attached hydrogens (primary N) is 1. The minimum Gasteiger partial charge on any atom is -0.372 e. The number of hydrazine groups is 1. The Hall–Kier alpha value is -0.980.